The van der Waals surface area contributed by atoms with Crippen LogP contribution in [0.15, 0.2) is 0 Å². The topological polar surface area (TPSA) is 175 Å². The summed E-state index contributed by atoms with van der Waals surface area (Å²) in [4.78, 5) is 42.0. The third-order valence-electron chi connectivity index (χ3n) is 12.1. The van der Waals surface area contributed by atoms with Gasteiger partial charge in [0, 0.05) is 45.8 Å². The zero-order chi connectivity index (χ0) is 45.7. The molecule has 0 aromatic carbocycles. The standard InChI is InChI=1S/C50H101N5O7/c1-4-7-10-13-16-19-22-25-28-31-35-51-48(60)45(57)42-54(40-41-56)38-34-39-55(43-46(58)49(61)52-36-32-29-26-23-20-17-14-11-8-5-2)44-47(59)50(62)53-37-33-30-27-24-21-18-15-12-9-6-3/h45-47,56-59H,4-44H2,1-3H3,(H,51,60)(H,52,61)(H,53,62). The summed E-state index contributed by atoms with van der Waals surface area (Å²) in [5, 5.41) is 50.8. The number of amides is 3. The first-order chi connectivity index (χ1) is 30.2. The van der Waals surface area contributed by atoms with Crippen LogP contribution in [0.25, 0.3) is 0 Å². The van der Waals surface area contributed by atoms with E-state index in [1.165, 1.54) is 135 Å². The number of aliphatic hydroxyl groups is 4. The van der Waals surface area contributed by atoms with E-state index in [9.17, 15) is 34.8 Å². The number of nitrogens with one attached hydrogen (secondary N) is 3. The minimum absolute atomic E-state index is 0.0540. The highest BCUT2D eigenvalue weighted by Crippen LogP contribution is 2.13. The molecule has 12 heteroatoms. The largest absolute Gasteiger partial charge is 0.395 e. The van der Waals surface area contributed by atoms with Crippen molar-refractivity contribution >= 4 is 17.7 Å². The van der Waals surface area contributed by atoms with Crippen LogP contribution in [0.1, 0.15) is 220 Å². The predicted molar refractivity (Wildman–Crippen MR) is 257 cm³/mol. The molecule has 0 spiro atoms. The van der Waals surface area contributed by atoms with Gasteiger partial charge in [-0.15, -0.1) is 0 Å². The molecule has 0 fully saturated rings. The second-order valence-corrected chi connectivity index (χ2v) is 18.1. The fraction of sp³-hybridized carbons (Fsp3) is 0.940. The molecule has 0 aliphatic carbocycles. The maximum absolute atomic E-state index is 12.9. The minimum Gasteiger partial charge on any atom is -0.395 e. The van der Waals surface area contributed by atoms with Gasteiger partial charge in [0.15, 0.2) is 0 Å². The number of nitrogens with zero attached hydrogens (tertiary/aromatic N) is 2. The lowest BCUT2D eigenvalue weighted by Crippen LogP contribution is -2.49. The summed E-state index contributed by atoms with van der Waals surface area (Å²) in [7, 11) is 0. The molecule has 3 unspecified atom stereocenters. The fourth-order valence-electron chi connectivity index (χ4n) is 8.02. The molecule has 0 rings (SSSR count). The van der Waals surface area contributed by atoms with Gasteiger partial charge in [0.2, 0.25) is 17.7 Å². The van der Waals surface area contributed by atoms with Crippen molar-refractivity contribution in [3.05, 3.63) is 0 Å². The lowest BCUT2D eigenvalue weighted by Gasteiger charge is -2.29. The van der Waals surface area contributed by atoms with E-state index in [0.29, 0.717) is 39.1 Å². The number of carbonyl (C=O) groups is 3. The molecule has 0 bridgehead atoms. The zero-order valence-electron chi connectivity index (χ0n) is 40.6. The maximum Gasteiger partial charge on any atom is 0.250 e. The Morgan fingerprint density at radius 2 is 0.597 bits per heavy atom. The first-order valence-electron chi connectivity index (χ1n) is 26.1. The summed E-state index contributed by atoms with van der Waals surface area (Å²) in [5.74, 6) is -1.37. The molecule has 0 heterocycles. The van der Waals surface area contributed by atoms with Crippen molar-refractivity contribution in [3.63, 3.8) is 0 Å². The number of carbonyl (C=O) groups excluding carboxylic acids is 3. The van der Waals surface area contributed by atoms with Crippen LogP contribution in [0.3, 0.4) is 0 Å². The lowest BCUT2D eigenvalue weighted by atomic mass is 10.1. The van der Waals surface area contributed by atoms with Gasteiger partial charge in [0.05, 0.1) is 6.61 Å². The predicted octanol–water partition coefficient (Wildman–Crippen LogP) is 8.17. The van der Waals surface area contributed by atoms with Gasteiger partial charge in [-0.3, -0.25) is 24.2 Å². The van der Waals surface area contributed by atoms with Crippen molar-refractivity contribution in [1.82, 2.24) is 25.8 Å². The molecule has 3 amide bonds. The smallest absolute Gasteiger partial charge is 0.250 e. The molecule has 0 radical (unpaired) electrons. The maximum atomic E-state index is 12.9. The van der Waals surface area contributed by atoms with E-state index in [-0.39, 0.29) is 32.8 Å². The summed E-state index contributed by atoms with van der Waals surface area (Å²) >= 11 is 0. The molecule has 7 N–H and O–H groups in total. The SMILES string of the molecule is CCCCCCCCCCCCNC(=O)C(O)CN(CCO)CCCN(CC(O)C(=O)NCCCCCCCCCCCC)CC(O)C(=O)NCCCCCCCCCCCC. The fourth-order valence-corrected chi connectivity index (χ4v) is 8.02. The van der Waals surface area contributed by atoms with Gasteiger partial charge in [-0.25, -0.2) is 0 Å². The molecule has 3 atom stereocenters. The molecule has 368 valence electrons. The average Bonchev–Trinajstić information content (AvgIpc) is 3.26. The van der Waals surface area contributed by atoms with E-state index < -0.39 is 36.0 Å². The monoisotopic (exact) mass is 884 g/mol. The van der Waals surface area contributed by atoms with Gasteiger partial charge in [-0.2, -0.15) is 0 Å². The molecule has 0 aliphatic rings. The van der Waals surface area contributed by atoms with Gasteiger partial charge >= 0.3 is 0 Å². The highest BCUT2D eigenvalue weighted by molar-refractivity contribution is 5.81. The van der Waals surface area contributed by atoms with E-state index >= 15 is 0 Å². The average molecular weight is 884 g/mol. The van der Waals surface area contributed by atoms with Crippen LogP contribution in [-0.4, -0.2) is 132 Å². The summed E-state index contributed by atoms with van der Waals surface area (Å²) in [6.07, 6.45) is 32.5. The molecule has 62 heavy (non-hydrogen) atoms. The van der Waals surface area contributed by atoms with Gasteiger partial charge in [0.25, 0.3) is 0 Å². The first kappa shape index (κ1) is 60.2. The van der Waals surface area contributed by atoms with Gasteiger partial charge in [0.1, 0.15) is 18.3 Å². The molecular weight excluding hydrogens is 783 g/mol. The normalized spacial score (nSPS) is 13.1. The van der Waals surface area contributed by atoms with Crippen molar-refractivity contribution in [2.75, 3.05) is 65.5 Å². The second kappa shape index (κ2) is 45.7. The summed E-state index contributed by atoms with van der Waals surface area (Å²) in [6.45, 7) is 9.00. The van der Waals surface area contributed by atoms with Crippen molar-refractivity contribution < 1.29 is 34.8 Å². The van der Waals surface area contributed by atoms with E-state index in [1.54, 1.807) is 4.90 Å². The van der Waals surface area contributed by atoms with Crippen LogP contribution in [0.2, 0.25) is 0 Å². The summed E-state index contributed by atoms with van der Waals surface area (Å²) in [5.41, 5.74) is 0. The molecule has 12 nitrogen and oxygen atoms in total. The van der Waals surface area contributed by atoms with Gasteiger partial charge in [-0.1, -0.05) is 194 Å². The van der Waals surface area contributed by atoms with Gasteiger partial charge in [-0.05, 0) is 38.8 Å². The Morgan fingerprint density at radius 3 is 0.871 bits per heavy atom. The highest BCUT2D eigenvalue weighted by atomic mass is 16.3. The van der Waals surface area contributed by atoms with Crippen molar-refractivity contribution in [3.8, 4) is 0 Å². The van der Waals surface area contributed by atoms with E-state index in [2.05, 4.69) is 36.7 Å². The van der Waals surface area contributed by atoms with Crippen molar-refractivity contribution in [2.24, 2.45) is 0 Å². The molecule has 0 aromatic rings. The Kier molecular flexibility index (Phi) is 44.4. The highest BCUT2D eigenvalue weighted by Gasteiger charge is 2.24. The lowest BCUT2D eigenvalue weighted by molar-refractivity contribution is -0.132. The van der Waals surface area contributed by atoms with E-state index in [4.69, 9.17) is 0 Å². The van der Waals surface area contributed by atoms with Crippen molar-refractivity contribution in [2.45, 2.75) is 238 Å². The third kappa shape index (κ3) is 38.6. The second-order valence-electron chi connectivity index (χ2n) is 18.1. The van der Waals surface area contributed by atoms with Crippen LogP contribution >= 0.6 is 0 Å². The van der Waals surface area contributed by atoms with Crippen LogP contribution < -0.4 is 16.0 Å². The molecule has 0 aliphatic heterocycles. The van der Waals surface area contributed by atoms with Crippen LogP contribution in [0, 0.1) is 0 Å². The van der Waals surface area contributed by atoms with E-state index in [0.717, 1.165) is 57.8 Å². The quantitative estimate of drug-likeness (QED) is 0.0298. The number of aliphatic hydroxyl groups excluding tert-OH is 4. The summed E-state index contributed by atoms with van der Waals surface area (Å²) in [6, 6.07) is 0. The molecular formula is C50H101N5O7. The molecule has 0 aromatic heterocycles. The number of hydrogen-bond donors (Lipinski definition) is 7. The first-order valence-corrected chi connectivity index (χ1v) is 26.1. The van der Waals surface area contributed by atoms with Crippen molar-refractivity contribution in [1.29, 1.82) is 0 Å². The molecule has 0 saturated carbocycles. The van der Waals surface area contributed by atoms with Crippen LogP contribution in [0.4, 0.5) is 0 Å². The van der Waals surface area contributed by atoms with Gasteiger partial charge < -0.3 is 36.4 Å². The Labute approximate surface area is 380 Å². The third-order valence-corrected chi connectivity index (χ3v) is 12.1. The Morgan fingerprint density at radius 1 is 0.355 bits per heavy atom. The molecule has 0 saturated heterocycles. The Hall–Kier alpha value is -1.83. The van der Waals surface area contributed by atoms with E-state index in [1.807, 2.05) is 4.90 Å². The van der Waals surface area contributed by atoms with Crippen LogP contribution in [-0.2, 0) is 14.4 Å². The summed E-state index contributed by atoms with van der Waals surface area (Å²) < 4.78 is 0. The Balaban J connectivity index is 4.92. The number of rotatable bonds is 48. The zero-order valence-corrected chi connectivity index (χ0v) is 40.6. The van der Waals surface area contributed by atoms with Crippen LogP contribution in [0.5, 0.6) is 0 Å². The minimum atomic E-state index is -1.34. The Bertz CT molecular complexity index is 963. The number of hydrogen-bond acceptors (Lipinski definition) is 9. The number of unbranched alkanes of at least 4 members (excludes halogenated alkanes) is 27.